The predicted octanol–water partition coefficient (Wildman–Crippen LogP) is 1.86. The molecule has 2 aliphatic rings. The van der Waals surface area contributed by atoms with Crippen LogP contribution >= 0.6 is 0 Å². The van der Waals surface area contributed by atoms with E-state index in [0.29, 0.717) is 12.2 Å². The van der Waals surface area contributed by atoms with Gasteiger partial charge in [-0.25, -0.2) is 0 Å². The van der Waals surface area contributed by atoms with E-state index in [1.165, 1.54) is 19.3 Å². The summed E-state index contributed by atoms with van der Waals surface area (Å²) in [5.41, 5.74) is 1.80. The molecule has 128 valence electrons. The fourth-order valence-corrected chi connectivity index (χ4v) is 3.61. The Morgan fingerprint density at radius 1 is 1.57 bits per heavy atom. The molecule has 3 rings (SSSR count). The average molecular weight is 321 g/mol. The topological polar surface area (TPSA) is 65.4 Å². The van der Waals surface area contributed by atoms with E-state index >= 15 is 0 Å². The zero-order chi connectivity index (χ0) is 16.3. The zero-order valence-electron chi connectivity index (χ0n) is 14.1. The molecule has 1 aliphatic carbocycles. The Bertz CT molecular complexity index is 545. The van der Waals surface area contributed by atoms with Crippen molar-refractivity contribution in [2.75, 3.05) is 33.5 Å². The van der Waals surface area contributed by atoms with Gasteiger partial charge in [-0.05, 0) is 31.1 Å². The molecule has 1 atom stereocenters. The Hall–Kier alpha value is -1.40. The first-order valence-electron chi connectivity index (χ1n) is 8.52. The van der Waals surface area contributed by atoms with Gasteiger partial charge in [-0.2, -0.15) is 5.10 Å². The molecule has 1 aromatic rings. The molecule has 23 heavy (non-hydrogen) atoms. The molecule has 1 aromatic heterocycles. The quantitative estimate of drug-likeness (QED) is 0.832. The van der Waals surface area contributed by atoms with Crippen LogP contribution in [-0.4, -0.2) is 49.2 Å². The number of amides is 1. The van der Waals surface area contributed by atoms with Crippen LogP contribution in [0.3, 0.4) is 0 Å². The van der Waals surface area contributed by atoms with Crippen LogP contribution < -0.4 is 5.32 Å². The molecule has 1 N–H and O–H groups in total. The van der Waals surface area contributed by atoms with Crippen molar-refractivity contribution in [3.8, 4) is 0 Å². The summed E-state index contributed by atoms with van der Waals surface area (Å²) in [6, 6.07) is 0. The summed E-state index contributed by atoms with van der Waals surface area (Å²) >= 11 is 0. The van der Waals surface area contributed by atoms with E-state index in [2.05, 4.69) is 10.4 Å². The Labute approximate surface area is 137 Å². The fourth-order valence-electron chi connectivity index (χ4n) is 3.61. The number of nitrogens with zero attached hydrogens (tertiary/aromatic N) is 2. The van der Waals surface area contributed by atoms with E-state index in [1.807, 2.05) is 13.2 Å². The van der Waals surface area contributed by atoms with Gasteiger partial charge in [0.15, 0.2) is 0 Å². The number of rotatable bonds is 7. The molecule has 2 fully saturated rings. The maximum Gasteiger partial charge on any atom is 0.254 e. The Morgan fingerprint density at radius 3 is 3.00 bits per heavy atom. The van der Waals surface area contributed by atoms with Crippen molar-refractivity contribution in [3.63, 3.8) is 0 Å². The van der Waals surface area contributed by atoms with Gasteiger partial charge in [0.05, 0.1) is 17.9 Å². The van der Waals surface area contributed by atoms with Crippen LogP contribution in [0.25, 0.3) is 0 Å². The monoisotopic (exact) mass is 321 g/mol. The standard InChI is InChI=1S/C17H27N3O3/c1-20-10-14(15(19-20)13-4-8-23-11-13)16(21)18-12-17(5-3-6-17)7-9-22-2/h10,13H,3-9,11-12H2,1-2H3,(H,18,21). The lowest BCUT2D eigenvalue weighted by molar-refractivity contribution is 0.0631. The maximum atomic E-state index is 12.7. The fraction of sp³-hybridized carbons (Fsp3) is 0.765. The van der Waals surface area contributed by atoms with E-state index < -0.39 is 0 Å². The number of carbonyl (C=O) groups is 1. The summed E-state index contributed by atoms with van der Waals surface area (Å²) < 4.78 is 12.4. The van der Waals surface area contributed by atoms with Gasteiger partial charge in [-0.3, -0.25) is 9.48 Å². The molecule has 1 unspecified atom stereocenters. The Morgan fingerprint density at radius 2 is 2.39 bits per heavy atom. The molecule has 1 saturated heterocycles. The third-order valence-corrected chi connectivity index (χ3v) is 5.29. The third kappa shape index (κ3) is 3.58. The number of nitrogens with one attached hydrogen (secondary N) is 1. The molecule has 0 aromatic carbocycles. The van der Waals surface area contributed by atoms with Crippen LogP contribution in [0.2, 0.25) is 0 Å². The normalized spacial score (nSPS) is 22.8. The van der Waals surface area contributed by atoms with E-state index in [0.717, 1.165) is 38.3 Å². The number of aromatic nitrogens is 2. The van der Waals surface area contributed by atoms with Crippen LogP contribution in [-0.2, 0) is 16.5 Å². The van der Waals surface area contributed by atoms with Gasteiger partial charge in [-0.15, -0.1) is 0 Å². The van der Waals surface area contributed by atoms with Crippen molar-refractivity contribution >= 4 is 5.91 Å². The number of ether oxygens (including phenoxy) is 2. The summed E-state index contributed by atoms with van der Waals surface area (Å²) in [5, 5.41) is 7.64. The van der Waals surface area contributed by atoms with E-state index in [1.54, 1.807) is 11.8 Å². The van der Waals surface area contributed by atoms with Gasteiger partial charge in [0.25, 0.3) is 5.91 Å². The molecule has 0 radical (unpaired) electrons. The smallest absolute Gasteiger partial charge is 0.254 e. The first-order valence-corrected chi connectivity index (χ1v) is 8.52. The molecule has 2 heterocycles. The number of hydrogen-bond donors (Lipinski definition) is 1. The highest BCUT2D eigenvalue weighted by Gasteiger charge is 2.37. The molecule has 6 heteroatoms. The summed E-state index contributed by atoms with van der Waals surface area (Å²) in [6.07, 6.45) is 7.37. The summed E-state index contributed by atoms with van der Waals surface area (Å²) in [6.45, 7) is 2.90. The highest BCUT2D eigenvalue weighted by atomic mass is 16.5. The van der Waals surface area contributed by atoms with E-state index in [4.69, 9.17) is 9.47 Å². The minimum Gasteiger partial charge on any atom is -0.385 e. The predicted molar refractivity (Wildman–Crippen MR) is 86.5 cm³/mol. The highest BCUT2D eigenvalue weighted by molar-refractivity contribution is 5.95. The Balaban J connectivity index is 1.64. The van der Waals surface area contributed by atoms with Crippen molar-refractivity contribution in [1.82, 2.24) is 15.1 Å². The van der Waals surface area contributed by atoms with E-state index in [9.17, 15) is 4.79 Å². The summed E-state index contributed by atoms with van der Waals surface area (Å²) in [7, 11) is 3.60. The molecule has 1 aliphatic heterocycles. The van der Waals surface area contributed by atoms with Gasteiger partial charge in [-0.1, -0.05) is 6.42 Å². The largest absolute Gasteiger partial charge is 0.385 e. The number of methoxy groups -OCH3 is 1. The minimum absolute atomic E-state index is 0.0105. The van der Waals surface area contributed by atoms with Crippen LogP contribution in [0.1, 0.15) is 54.1 Å². The second-order valence-corrected chi connectivity index (χ2v) is 6.94. The lowest BCUT2D eigenvalue weighted by Crippen LogP contribution is -2.43. The van der Waals surface area contributed by atoms with Gasteiger partial charge < -0.3 is 14.8 Å². The molecule has 6 nitrogen and oxygen atoms in total. The zero-order valence-corrected chi connectivity index (χ0v) is 14.1. The molecule has 0 bridgehead atoms. The van der Waals surface area contributed by atoms with Gasteiger partial charge in [0, 0.05) is 46.0 Å². The first kappa shape index (κ1) is 16.5. The molecular formula is C17H27N3O3. The highest BCUT2D eigenvalue weighted by Crippen LogP contribution is 2.43. The van der Waals surface area contributed by atoms with Gasteiger partial charge >= 0.3 is 0 Å². The number of carbonyl (C=O) groups excluding carboxylic acids is 1. The average Bonchev–Trinajstić information content (AvgIpc) is 3.14. The summed E-state index contributed by atoms with van der Waals surface area (Å²) in [5.74, 6) is 0.229. The second-order valence-electron chi connectivity index (χ2n) is 6.94. The molecule has 1 saturated carbocycles. The van der Waals surface area contributed by atoms with Crippen molar-refractivity contribution in [1.29, 1.82) is 0 Å². The van der Waals surface area contributed by atoms with E-state index in [-0.39, 0.29) is 17.2 Å². The van der Waals surface area contributed by atoms with Crippen LogP contribution in [0.4, 0.5) is 0 Å². The van der Waals surface area contributed by atoms with Crippen LogP contribution in [0.15, 0.2) is 6.20 Å². The van der Waals surface area contributed by atoms with Crippen molar-refractivity contribution in [3.05, 3.63) is 17.5 Å². The molecule has 1 amide bonds. The lowest BCUT2D eigenvalue weighted by Gasteiger charge is -2.42. The third-order valence-electron chi connectivity index (χ3n) is 5.29. The second kappa shape index (κ2) is 7.01. The van der Waals surface area contributed by atoms with Gasteiger partial charge in [0.1, 0.15) is 0 Å². The maximum absolute atomic E-state index is 12.7. The summed E-state index contributed by atoms with van der Waals surface area (Å²) in [4.78, 5) is 12.7. The first-order chi connectivity index (χ1) is 11.1. The van der Waals surface area contributed by atoms with Crippen LogP contribution in [0, 0.1) is 5.41 Å². The van der Waals surface area contributed by atoms with Crippen molar-refractivity contribution < 1.29 is 14.3 Å². The number of hydrogen-bond acceptors (Lipinski definition) is 4. The molecule has 0 spiro atoms. The van der Waals surface area contributed by atoms with Gasteiger partial charge in [0.2, 0.25) is 0 Å². The lowest BCUT2D eigenvalue weighted by atomic mass is 9.66. The van der Waals surface area contributed by atoms with Crippen molar-refractivity contribution in [2.24, 2.45) is 12.5 Å². The van der Waals surface area contributed by atoms with Crippen molar-refractivity contribution in [2.45, 2.75) is 38.0 Å². The molecular weight excluding hydrogens is 294 g/mol. The number of aryl methyl sites for hydroxylation is 1. The van der Waals surface area contributed by atoms with Crippen LogP contribution in [0.5, 0.6) is 0 Å². The minimum atomic E-state index is -0.0105. The SMILES string of the molecule is COCCC1(CNC(=O)c2cn(C)nc2C2CCOC2)CCC1. The Kier molecular flexibility index (Phi) is 5.02.